The Morgan fingerprint density at radius 2 is 1.50 bits per heavy atom. The monoisotopic (exact) mass is 366 g/mol. The van der Waals surface area contributed by atoms with E-state index in [0.29, 0.717) is 0 Å². The number of benzene rings is 2. The molecule has 0 aliphatic rings. The van der Waals surface area contributed by atoms with Crippen molar-refractivity contribution in [2.24, 2.45) is 0 Å². The van der Waals surface area contributed by atoms with Crippen molar-refractivity contribution in [2.75, 3.05) is 21.3 Å². The van der Waals surface area contributed by atoms with Gasteiger partial charge in [0, 0.05) is 15.6 Å². The van der Waals surface area contributed by atoms with Gasteiger partial charge in [-0.25, -0.2) is 0 Å². The second-order valence-corrected chi connectivity index (χ2v) is 5.70. The lowest BCUT2D eigenvalue weighted by atomic mass is 10.2. The largest absolute Gasteiger partial charge is 0.497 e. The van der Waals surface area contributed by atoms with E-state index in [1.165, 1.54) is 11.1 Å². The van der Waals surface area contributed by atoms with Gasteiger partial charge in [0.1, 0.15) is 18.8 Å². The predicted molar refractivity (Wildman–Crippen MR) is 89.6 cm³/mol. The lowest BCUT2D eigenvalue weighted by Gasteiger charge is -2.11. The highest BCUT2D eigenvalue weighted by molar-refractivity contribution is 9.10. The molecule has 0 spiro atoms. The Kier molecular flexibility index (Phi) is 6.10. The lowest BCUT2D eigenvalue weighted by molar-refractivity contribution is -0.686. The average molecular weight is 367 g/mol. The highest BCUT2D eigenvalue weighted by Gasteiger charge is 2.10. The normalized spacial score (nSPS) is 10.4. The molecule has 0 amide bonds. The predicted octanol–water partition coefficient (Wildman–Crippen LogP) is 2.74. The van der Waals surface area contributed by atoms with Gasteiger partial charge in [0.05, 0.1) is 21.3 Å². The molecule has 2 aromatic carbocycles. The molecule has 2 aromatic rings. The third kappa shape index (κ3) is 4.15. The van der Waals surface area contributed by atoms with Crippen LogP contribution in [0.4, 0.5) is 0 Å². The fourth-order valence-electron chi connectivity index (χ4n) is 2.21. The van der Waals surface area contributed by atoms with Gasteiger partial charge in [0.15, 0.2) is 11.5 Å². The van der Waals surface area contributed by atoms with Crippen LogP contribution in [0.25, 0.3) is 0 Å². The van der Waals surface area contributed by atoms with E-state index in [2.05, 4.69) is 33.4 Å². The van der Waals surface area contributed by atoms with Gasteiger partial charge in [-0.3, -0.25) is 0 Å². The second kappa shape index (κ2) is 8.06. The third-order valence-electron chi connectivity index (χ3n) is 3.46. The van der Waals surface area contributed by atoms with E-state index >= 15 is 0 Å². The van der Waals surface area contributed by atoms with Crippen molar-refractivity contribution in [3.63, 3.8) is 0 Å². The highest BCUT2D eigenvalue weighted by Crippen LogP contribution is 2.32. The van der Waals surface area contributed by atoms with Gasteiger partial charge in [0.2, 0.25) is 0 Å². The Balaban J connectivity index is 1.98. The smallest absolute Gasteiger partial charge is 0.161 e. The SMILES string of the molecule is COc1ccc(C[NH2+]Cc2cc(OC)c(OC)cc2Br)cc1. The summed E-state index contributed by atoms with van der Waals surface area (Å²) in [4.78, 5) is 0. The van der Waals surface area contributed by atoms with Gasteiger partial charge >= 0.3 is 0 Å². The molecule has 22 heavy (non-hydrogen) atoms. The molecule has 0 aromatic heterocycles. The Morgan fingerprint density at radius 1 is 0.864 bits per heavy atom. The highest BCUT2D eigenvalue weighted by atomic mass is 79.9. The number of hydrogen-bond acceptors (Lipinski definition) is 3. The summed E-state index contributed by atoms with van der Waals surface area (Å²) in [5.74, 6) is 2.36. The number of nitrogens with two attached hydrogens (primary N) is 1. The molecule has 118 valence electrons. The van der Waals surface area contributed by atoms with Gasteiger partial charge < -0.3 is 19.5 Å². The molecule has 0 radical (unpaired) electrons. The Bertz CT molecular complexity index is 614. The van der Waals surface area contributed by atoms with Crippen molar-refractivity contribution in [2.45, 2.75) is 13.1 Å². The van der Waals surface area contributed by atoms with Gasteiger partial charge in [-0.15, -0.1) is 0 Å². The molecular formula is C17H21BrNO3+. The summed E-state index contributed by atoms with van der Waals surface area (Å²) in [5.41, 5.74) is 2.43. The van der Waals surface area contributed by atoms with Crippen LogP contribution in [0.5, 0.6) is 17.2 Å². The maximum Gasteiger partial charge on any atom is 0.161 e. The van der Waals surface area contributed by atoms with Crippen LogP contribution in [0.3, 0.4) is 0 Å². The molecule has 0 bridgehead atoms. The maximum atomic E-state index is 5.35. The van der Waals surface area contributed by atoms with Crippen molar-refractivity contribution >= 4 is 15.9 Å². The Labute approximate surface area is 139 Å². The standard InChI is InChI=1S/C17H20BrNO3/c1-20-14-6-4-12(5-7-14)10-19-11-13-8-16(21-2)17(22-3)9-15(13)18/h4-9,19H,10-11H2,1-3H3/p+1. The van der Waals surface area contributed by atoms with Crippen LogP contribution in [0.15, 0.2) is 40.9 Å². The summed E-state index contributed by atoms with van der Waals surface area (Å²) < 4.78 is 16.8. The van der Waals surface area contributed by atoms with Crippen molar-refractivity contribution in [3.8, 4) is 17.2 Å². The number of ether oxygens (including phenoxy) is 3. The first-order valence-electron chi connectivity index (χ1n) is 7.03. The first-order valence-corrected chi connectivity index (χ1v) is 7.82. The van der Waals surface area contributed by atoms with E-state index < -0.39 is 0 Å². The fraction of sp³-hybridized carbons (Fsp3) is 0.294. The van der Waals surface area contributed by atoms with Crippen LogP contribution in [0.2, 0.25) is 0 Å². The Morgan fingerprint density at radius 3 is 2.09 bits per heavy atom. The molecule has 0 unspecified atom stereocenters. The number of hydrogen-bond donors (Lipinski definition) is 1. The summed E-state index contributed by atoms with van der Waals surface area (Å²) in [6.45, 7) is 1.76. The summed E-state index contributed by atoms with van der Waals surface area (Å²) in [5, 5.41) is 2.24. The van der Waals surface area contributed by atoms with Crippen molar-refractivity contribution in [1.82, 2.24) is 0 Å². The van der Waals surface area contributed by atoms with Crippen molar-refractivity contribution < 1.29 is 19.5 Å². The lowest BCUT2D eigenvalue weighted by Crippen LogP contribution is -2.80. The molecule has 5 heteroatoms. The molecular weight excluding hydrogens is 346 g/mol. The second-order valence-electron chi connectivity index (χ2n) is 4.84. The molecule has 0 fully saturated rings. The number of rotatable bonds is 7. The zero-order chi connectivity index (χ0) is 15.9. The minimum atomic E-state index is 0.730. The van der Waals surface area contributed by atoms with Gasteiger partial charge in [-0.2, -0.15) is 0 Å². The minimum Gasteiger partial charge on any atom is -0.497 e. The van der Waals surface area contributed by atoms with Crippen molar-refractivity contribution in [1.29, 1.82) is 0 Å². The van der Waals surface area contributed by atoms with Crippen LogP contribution < -0.4 is 19.5 Å². The zero-order valence-electron chi connectivity index (χ0n) is 13.1. The van der Waals surface area contributed by atoms with Crippen LogP contribution in [0.1, 0.15) is 11.1 Å². The van der Waals surface area contributed by atoms with Crippen LogP contribution in [-0.2, 0) is 13.1 Å². The van der Waals surface area contributed by atoms with Crippen molar-refractivity contribution in [3.05, 3.63) is 52.0 Å². The first-order chi connectivity index (χ1) is 10.7. The summed E-state index contributed by atoms with van der Waals surface area (Å²) in [6.07, 6.45) is 0. The minimum absolute atomic E-state index is 0.730. The molecule has 0 heterocycles. The molecule has 4 nitrogen and oxygen atoms in total. The number of methoxy groups -OCH3 is 3. The fourth-order valence-corrected chi connectivity index (χ4v) is 2.69. The molecule has 2 N–H and O–H groups in total. The van der Waals surface area contributed by atoms with Gasteiger partial charge in [0.25, 0.3) is 0 Å². The van der Waals surface area contributed by atoms with E-state index in [-0.39, 0.29) is 0 Å². The molecule has 0 aliphatic heterocycles. The molecule has 0 atom stereocenters. The van der Waals surface area contributed by atoms with E-state index in [1.807, 2.05) is 24.3 Å². The average Bonchev–Trinajstić information content (AvgIpc) is 2.56. The molecule has 0 saturated carbocycles. The van der Waals surface area contributed by atoms with Crippen LogP contribution >= 0.6 is 15.9 Å². The summed E-state index contributed by atoms with van der Waals surface area (Å²) in [6, 6.07) is 12.1. The maximum absolute atomic E-state index is 5.35. The van der Waals surface area contributed by atoms with E-state index in [1.54, 1.807) is 21.3 Å². The number of quaternary nitrogens is 1. The summed E-state index contributed by atoms with van der Waals surface area (Å²) in [7, 11) is 4.96. The summed E-state index contributed by atoms with van der Waals surface area (Å²) >= 11 is 3.58. The third-order valence-corrected chi connectivity index (χ3v) is 4.19. The van der Waals surface area contributed by atoms with E-state index in [4.69, 9.17) is 14.2 Å². The van der Waals surface area contributed by atoms with Gasteiger partial charge in [-0.05, 0) is 36.4 Å². The van der Waals surface area contributed by atoms with E-state index in [0.717, 1.165) is 34.8 Å². The molecule has 0 aliphatic carbocycles. The topological polar surface area (TPSA) is 44.3 Å². The van der Waals surface area contributed by atoms with Crippen LogP contribution in [-0.4, -0.2) is 21.3 Å². The zero-order valence-corrected chi connectivity index (χ0v) is 14.6. The quantitative estimate of drug-likeness (QED) is 0.819. The number of halogens is 1. The van der Waals surface area contributed by atoms with Gasteiger partial charge in [-0.1, -0.05) is 15.9 Å². The molecule has 0 saturated heterocycles. The Hall–Kier alpha value is -1.72. The molecule has 2 rings (SSSR count). The first kappa shape index (κ1) is 16.6. The van der Waals surface area contributed by atoms with E-state index in [9.17, 15) is 0 Å². The van der Waals surface area contributed by atoms with Crippen LogP contribution in [0, 0.1) is 0 Å².